The molecule has 0 radical (unpaired) electrons. The maximum atomic E-state index is 10.6. The van der Waals surface area contributed by atoms with Gasteiger partial charge in [-0.3, -0.25) is 9.59 Å². The summed E-state index contributed by atoms with van der Waals surface area (Å²) in [6, 6.07) is 0. The van der Waals surface area contributed by atoms with Gasteiger partial charge in [0.1, 0.15) is 0 Å². The third-order valence-corrected chi connectivity index (χ3v) is 4.93. The van der Waals surface area contributed by atoms with Gasteiger partial charge in [0.2, 0.25) is 0 Å². The number of aliphatic carboxylic acids is 2. The number of carbonyl (C=O) groups is 2. The predicted octanol–water partition coefficient (Wildman–Crippen LogP) is 4.33. The van der Waals surface area contributed by atoms with Crippen LogP contribution in [0.25, 0.3) is 0 Å². The van der Waals surface area contributed by atoms with Crippen molar-refractivity contribution in [3.63, 3.8) is 0 Å². The predicted molar refractivity (Wildman–Crippen MR) is 82.2 cm³/mol. The highest BCUT2D eigenvalue weighted by Crippen LogP contribution is 2.29. The number of carboxylic acids is 2. The van der Waals surface area contributed by atoms with Crippen LogP contribution < -0.4 is 0 Å². The first-order valence-electron chi connectivity index (χ1n) is 8.45. The maximum Gasteiger partial charge on any atom is 0.306 e. The molecule has 2 aliphatic rings. The first kappa shape index (κ1) is 18.0. The summed E-state index contributed by atoms with van der Waals surface area (Å²) in [5, 5.41) is 17.2. The van der Waals surface area contributed by atoms with Crippen LogP contribution in [0, 0.1) is 17.8 Å². The second-order valence-electron chi connectivity index (χ2n) is 6.63. The number of carboxylic acid groups (broad SMARTS) is 2. The van der Waals surface area contributed by atoms with Crippen molar-refractivity contribution in [1.29, 1.82) is 0 Å². The molecule has 0 aromatic rings. The molecule has 2 saturated carbocycles. The van der Waals surface area contributed by atoms with E-state index >= 15 is 0 Å². The van der Waals surface area contributed by atoms with Crippen LogP contribution in [-0.2, 0) is 9.59 Å². The fourth-order valence-electron chi connectivity index (χ4n) is 3.47. The molecular weight excluding hydrogens is 268 g/mol. The average molecular weight is 298 g/mol. The van der Waals surface area contributed by atoms with Crippen LogP contribution >= 0.6 is 0 Å². The van der Waals surface area contributed by atoms with E-state index in [1.807, 2.05) is 6.92 Å². The summed E-state index contributed by atoms with van der Waals surface area (Å²) in [6.45, 7) is 1.83. The Balaban J connectivity index is 0.000000211. The lowest BCUT2D eigenvalue weighted by Crippen LogP contribution is -2.22. The number of hydrogen-bond acceptors (Lipinski definition) is 2. The van der Waals surface area contributed by atoms with Crippen molar-refractivity contribution in [2.45, 2.75) is 77.6 Å². The van der Waals surface area contributed by atoms with Gasteiger partial charge >= 0.3 is 11.9 Å². The van der Waals surface area contributed by atoms with Gasteiger partial charge in [0.15, 0.2) is 0 Å². The quantitative estimate of drug-likeness (QED) is 0.810. The van der Waals surface area contributed by atoms with E-state index in [0.717, 1.165) is 25.7 Å². The number of hydrogen-bond donors (Lipinski definition) is 2. The smallest absolute Gasteiger partial charge is 0.306 e. The van der Waals surface area contributed by atoms with Crippen molar-refractivity contribution >= 4 is 11.9 Å². The molecule has 0 spiro atoms. The van der Waals surface area contributed by atoms with Crippen molar-refractivity contribution in [3.8, 4) is 0 Å². The molecular formula is C17H30O4. The van der Waals surface area contributed by atoms with Crippen LogP contribution in [0.1, 0.15) is 77.6 Å². The van der Waals surface area contributed by atoms with Crippen molar-refractivity contribution in [2.75, 3.05) is 0 Å². The molecule has 1 atom stereocenters. The van der Waals surface area contributed by atoms with E-state index in [2.05, 4.69) is 0 Å². The number of rotatable bonds is 4. The molecule has 0 aromatic heterocycles. The first-order chi connectivity index (χ1) is 10.0. The normalized spacial score (nSPS) is 22.0. The Labute approximate surface area is 127 Å². The second kappa shape index (κ2) is 9.80. The Morgan fingerprint density at radius 1 is 0.905 bits per heavy atom. The summed E-state index contributed by atoms with van der Waals surface area (Å²) in [7, 11) is 0. The minimum absolute atomic E-state index is 0.129. The van der Waals surface area contributed by atoms with E-state index in [0.29, 0.717) is 18.3 Å². The molecule has 2 N–H and O–H groups in total. The van der Waals surface area contributed by atoms with Crippen LogP contribution in [0.3, 0.4) is 0 Å². The highest BCUT2D eigenvalue weighted by molar-refractivity contribution is 5.69. The van der Waals surface area contributed by atoms with Gasteiger partial charge in [-0.1, -0.05) is 45.4 Å². The van der Waals surface area contributed by atoms with Gasteiger partial charge in [0.05, 0.1) is 5.92 Å². The molecule has 4 heteroatoms. The van der Waals surface area contributed by atoms with E-state index < -0.39 is 11.9 Å². The molecule has 2 rings (SSSR count). The molecule has 0 aromatic carbocycles. The fraction of sp³-hybridized carbons (Fsp3) is 0.882. The summed E-state index contributed by atoms with van der Waals surface area (Å²) >= 11 is 0. The third-order valence-electron chi connectivity index (χ3n) is 4.93. The van der Waals surface area contributed by atoms with Gasteiger partial charge in [0.25, 0.3) is 0 Å². The van der Waals surface area contributed by atoms with Gasteiger partial charge in [-0.15, -0.1) is 0 Å². The lowest BCUT2D eigenvalue weighted by molar-refractivity contribution is -0.143. The second-order valence-corrected chi connectivity index (χ2v) is 6.63. The van der Waals surface area contributed by atoms with Crippen LogP contribution in [0.4, 0.5) is 0 Å². The fourth-order valence-corrected chi connectivity index (χ4v) is 3.47. The zero-order valence-corrected chi connectivity index (χ0v) is 13.2. The van der Waals surface area contributed by atoms with Crippen LogP contribution in [0.2, 0.25) is 0 Å². The Kier molecular flexibility index (Phi) is 8.40. The van der Waals surface area contributed by atoms with Gasteiger partial charge in [-0.05, 0) is 37.5 Å². The van der Waals surface area contributed by atoms with E-state index in [9.17, 15) is 9.59 Å². The summed E-state index contributed by atoms with van der Waals surface area (Å²) in [5.74, 6) is -0.466. The third kappa shape index (κ3) is 7.49. The zero-order valence-electron chi connectivity index (χ0n) is 13.2. The highest BCUT2D eigenvalue weighted by Gasteiger charge is 2.24. The highest BCUT2D eigenvalue weighted by atomic mass is 16.4. The Morgan fingerprint density at radius 2 is 1.38 bits per heavy atom. The van der Waals surface area contributed by atoms with Gasteiger partial charge < -0.3 is 10.2 Å². The molecule has 1 unspecified atom stereocenters. The Morgan fingerprint density at radius 3 is 1.81 bits per heavy atom. The van der Waals surface area contributed by atoms with Crippen molar-refractivity contribution in [2.24, 2.45) is 17.8 Å². The SMILES string of the molecule is CC(C(=O)O)C1CCCCC1.O=C(O)CC1CCCCC1. The van der Waals surface area contributed by atoms with E-state index in [4.69, 9.17) is 10.2 Å². The van der Waals surface area contributed by atoms with Crippen LogP contribution in [0.15, 0.2) is 0 Å². The summed E-state index contributed by atoms with van der Waals surface area (Å²) in [6.07, 6.45) is 12.4. The Bertz CT molecular complexity index is 315. The minimum Gasteiger partial charge on any atom is -0.481 e. The standard InChI is InChI=1S/C9H16O2.C8H14O2/c1-7(9(10)11)8-5-3-2-4-6-8;9-8(10)6-7-4-2-1-3-5-7/h7-8H,2-6H2,1H3,(H,10,11);7H,1-6H2,(H,9,10). The van der Waals surface area contributed by atoms with E-state index in [1.165, 1.54) is 38.5 Å². The van der Waals surface area contributed by atoms with E-state index in [-0.39, 0.29) is 5.92 Å². The average Bonchev–Trinajstić information content (AvgIpc) is 2.48. The molecule has 0 saturated heterocycles. The van der Waals surface area contributed by atoms with Crippen molar-refractivity contribution < 1.29 is 19.8 Å². The molecule has 0 amide bonds. The lowest BCUT2D eigenvalue weighted by atomic mass is 9.81. The molecule has 0 aliphatic heterocycles. The molecule has 0 heterocycles. The first-order valence-corrected chi connectivity index (χ1v) is 8.45. The maximum absolute atomic E-state index is 10.6. The lowest BCUT2D eigenvalue weighted by Gasteiger charge is -2.24. The van der Waals surface area contributed by atoms with Gasteiger partial charge in [0, 0.05) is 6.42 Å². The Hall–Kier alpha value is -1.06. The molecule has 21 heavy (non-hydrogen) atoms. The molecule has 2 aliphatic carbocycles. The summed E-state index contributed by atoms with van der Waals surface area (Å²) in [4.78, 5) is 20.9. The molecule has 122 valence electrons. The van der Waals surface area contributed by atoms with Gasteiger partial charge in [-0.25, -0.2) is 0 Å². The van der Waals surface area contributed by atoms with Crippen LogP contribution in [0.5, 0.6) is 0 Å². The van der Waals surface area contributed by atoms with Crippen LogP contribution in [-0.4, -0.2) is 22.2 Å². The topological polar surface area (TPSA) is 74.6 Å². The summed E-state index contributed by atoms with van der Waals surface area (Å²) in [5.41, 5.74) is 0. The van der Waals surface area contributed by atoms with E-state index in [1.54, 1.807) is 0 Å². The summed E-state index contributed by atoms with van der Waals surface area (Å²) < 4.78 is 0. The monoisotopic (exact) mass is 298 g/mol. The van der Waals surface area contributed by atoms with Gasteiger partial charge in [-0.2, -0.15) is 0 Å². The van der Waals surface area contributed by atoms with Crippen molar-refractivity contribution in [1.82, 2.24) is 0 Å². The molecule has 0 bridgehead atoms. The minimum atomic E-state index is -0.632. The zero-order chi connectivity index (χ0) is 15.7. The molecule has 2 fully saturated rings. The molecule has 4 nitrogen and oxygen atoms in total. The largest absolute Gasteiger partial charge is 0.481 e. The van der Waals surface area contributed by atoms with Crippen molar-refractivity contribution in [3.05, 3.63) is 0 Å².